The predicted molar refractivity (Wildman–Crippen MR) is 83.2 cm³/mol. The molecule has 0 heterocycles. The predicted octanol–water partition coefficient (Wildman–Crippen LogP) is 3.80. The highest BCUT2D eigenvalue weighted by Crippen LogP contribution is 2.37. The number of nitrogens with two attached hydrogens (primary N) is 1. The number of hydrogen-bond acceptors (Lipinski definition) is 2. The molecule has 2 N–H and O–H groups in total. The molecule has 0 atom stereocenters. The molecule has 2 fully saturated rings. The second kappa shape index (κ2) is 7.08. The Hall–Kier alpha value is -0.0800. The number of nitrogens with zero attached hydrogens (tertiary/aromatic N) is 1. The summed E-state index contributed by atoms with van der Waals surface area (Å²) in [4.78, 5) is 2.66. The molecule has 112 valence electrons. The molecule has 2 aliphatic carbocycles. The molecular formula is C17H34N2. The molecular weight excluding hydrogens is 232 g/mol. The van der Waals surface area contributed by atoms with Crippen molar-refractivity contribution < 1.29 is 0 Å². The van der Waals surface area contributed by atoms with Gasteiger partial charge in [-0.15, -0.1) is 0 Å². The Labute approximate surface area is 120 Å². The highest BCUT2D eigenvalue weighted by molar-refractivity contribution is 4.88. The van der Waals surface area contributed by atoms with Crippen LogP contribution >= 0.6 is 0 Å². The Morgan fingerprint density at radius 1 is 1.05 bits per heavy atom. The zero-order valence-electron chi connectivity index (χ0n) is 13.2. The van der Waals surface area contributed by atoms with Gasteiger partial charge in [0.25, 0.3) is 0 Å². The third-order valence-electron chi connectivity index (χ3n) is 5.95. The molecule has 0 aromatic rings. The molecule has 0 amide bonds. The minimum atomic E-state index is 0.439. The van der Waals surface area contributed by atoms with Crippen molar-refractivity contribution in [2.75, 3.05) is 20.1 Å². The van der Waals surface area contributed by atoms with Crippen LogP contribution in [0.2, 0.25) is 0 Å². The lowest BCUT2D eigenvalue weighted by Gasteiger charge is -2.43. The zero-order chi connectivity index (χ0) is 13.7. The molecule has 19 heavy (non-hydrogen) atoms. The fourth-order valence-corrected chi connectivity index (χ4v) is 4.38. The lowest BCUT2D eigenvalue weighted by atomic mass is 9.73. The van der Waals surface area contributed by atoms with Crippen LogP contribution in [0.25, 0.3) is 0 Å². The maximum absolute atomic E-state index is 6.13. The van der Waals surface area contributed by atoms with E-state index in [0.29, 0.717) is 5.41 Å². The largest absolute Gasteiger partial charge is 0.330 e. The van der Waals surface area contributed by atoms with Gasteiger partial charge in [0.1, 0.15) is 0 Å². The molecule has 0 aromatic carbocycles. The van der Waals surface area contributed by atoms with E-state index in [1.165, 1.54) is 70.8 Å². The monoisotopic (exact) mass is 266 g/mol. The first kappa shape index (κ1) is 15.3. The summed E-state index contributed by atoms with van der Waals surface area (Å²) in [5.41, 5.74) is 6.57. The molecule has 2 aliphatic rings. The quantitative estimate of drug-likeness (QED) is 0.820. The Morgan fingerprint density at radius 2 is 1.68 bits per heavy atom. The first-order valence-electron chi connectivity index (χ1n) is 8.59. The van der Waals surface area contributed by atoms with Crippen molar-refractivity contribution in [1.82, 2.24) is 4.90 Å². The van der Waals surface area contributed by atoms with Crippen LogP contribution in [-0.4, -0.2) is 31.1 Å². The molecule has 0 saturated heterocycles. The summed E-state index contributed by atoms with van der Waals surface area (Å²) in [6.45, 7) is 4.48. The second-order valence-corrected chi connectivity index (χ2v) is 7.26. The van der Waals surface area contributed by atoms with Crippen molar-refractivity contribution >= 4 is 0 Å². The minimum Gasteiger partial charge on any atom is -0.330 e. The van der Waals surface area contributed by atoms with Crippen LogP contribution in [0, 0.1) is 11.3 Å². The third kappa shape index (κ3) is 3.95. The van der Waals surface area contributed by atoms with Crippen LogP contribution < -0.4 is 5.73 Å². The van der Waals surface area contributed by atoms with E-state index in [1.54, 1.807) is 0 Å². The Kier molecular flexibility index (Phi) is 5.70. The van der Waals surface area contributed by atoms with E-state index in [1.807, 2.05) is 0 Å². The van der Waals surface area contributed by atoms with E-state index in [4.69, 9.17) is 5.73 Å². The van der Waals surface area contributed by atoms with Gasteiger partial charge >= 0.3 is 0 Å². The molecule has 0 aliphatic heterocycles. The Bertz CT molecular complexity index is 250. The average Bonchev–Trinajstić information content (AvgIpc) is 2.48. The summed E-state index contributed by atoms with van der Waals surface area (Å²) in [6, 6.07) is 0.827. The van der Waals surface area contributed by atoms with Gasteiger partial charge in [-0.3, -0.25) is 0 Å². The smallest absolute Gasteiger partial charge is 0.00926 e. The maximum Gasteiger partial charge on any atom is 0.00926 e. The summed E-state index contributed by atoms with van der Waals surface area (Å²) in [7, 11) is 2.35. The fourth-order valence-electron chi connectivity index (χ4n) is 4.38. The van der Waals surface area contributed by atoms with Gasteiger partial charge < -0.3 is 10.6 Å². The van der Waals surface area contributed by atoms with Crippen LogP contribution in [0.5, 0.6) is 0 Å². The molecule has 2 saturated carbocycles. The van der Waals surface area contributed by atoms with Gasteiger partial charge in [0.15, 0.2) is 0 Å². The van der Waals surface area contributed by atoms with Crippen LogP contribution in [0.4, 0.5) is 0 Å². The van der Waals surface area contributed by atoms with Gasteiger partial charge in [-0.25, -0.2) is 0 Å². The highest BCUT2D eigenvalue weighted by Gasteiger charge is 2.34. The van der Waals surface area contributed by atoms with Gasteiger partial charge in [-0.2, -0.15) is 0 Å². The highest BCUT2D eigenvalue weighted by atomic mass is 15.1. The normalized spacial score (nSPS) is 31.6. The number of hydrogen-bond donors (Lipinski definition) is 1. The van der Waals surface area contributed by atoms with Gasteiger partial charge in [0.05, 0.1) is 0 Å². The molecule has 2 nitrogen and oxygen atoms in total. The zero-order valence-corrected chi connectivity index (χ0v) is 13.2. The third-order valence-corrected chi connectivity index (χ3v) is 5.95. The van der Waals surface area contributed by atoms with Crippen LogP contribution in [0.1, 0.15) is 71.1 Å². The van der Waals surface area contributed by atoms with Gasteiger partial charge in [-0.1, -0.05) is 32.6 Å². The summed E-state index contributed by atoms with van der Waals surface area (Å²) in [5, 5.41) is 0. The lowest BCUT2D eigenvalue weighted by molar-refractivity contribution is 0.0787. The van der Waals surface area contributed by atoms with Gasteiger partial charge in [0, 0.05) is 12.6 Å². The van der Waals surface area contributed by atoms with E-state index in [2.05, 4.69) is 18.9 Å². The average molecular weight is 266 g/mol. The van der Waals surface area contributed by atoms with Crippen molar-refractivity contribution in [3.05, 3.63) is 0 Å². The summed E-state index contributed by atoms with van der Waals surface area (Å²) >= 11 is 0. The van der Waals surface area contributed by atoms with E-state index in [9.17, 15) is 0 Å². The second-order valence-electron chi connectivity index (χ2n) is 7.26. The van der Waals surface area contributed by atoms with Crippen molar-refractivity contribution in [2.45, 2.75) is 77.2 Å². The maximum atomic E-state index is 6.13. The molecule has 2 heteroatoms. The van der Waals surface area contributed by atoms with Gasteiger partial charge in [-0.05, 0) is 63.5 Å². The van der Waals surface area contributed by atoms with Crippen molar-refractivity contribution in [1.29, 1.82) is 0 Å². The summed E-state index contributed by atoms with van der Waals surface area (Å²) < 4.78 is 0. The molecule has 0 spiro atoms. The Morgan fingerprint density at radius 3 is 2.21 bits per heavy atom. The fraction of sp³-hybridized carbons (Fsp3) is 1.00. The standard InChI is InChI=1S/C17H34N2/c1-3-15-7-9-16(10-8-15)19(2)14-17(13-18)11-5-4-6-12-17/h15-16H,3-14,18H2,1-2H3. The first-order valence-corrected chi connectivity index (χ1v) is 8.59. The van der Waals surface area contributed by atoms with Crippen LogP contribution in [-0.2, 0) is 0 Å². The van der Waals surface area contributed by atoms with Crippen molar-refractivity contribution in [3.8, 4) is 0 Å². The summed E-state index contributed by atoms with van der Waals surface area (Å²) in [5.74, 6) is 1.00. The summed E-state index contributed by atoms with van der Waals surface area (Å²) in [6.07, 6.45) is 14.0. The molecule has 0 bridgehead atoms. The van der Waals surface area contributed by atoms with E-state index in [-0.39, 0.29) is 0 Å². The number of rotatable bonds is 5. The topological polar surface area (TPSA) is 29.3 Å². The van der Waals surface area contributed by atoms with E-state index in [0.717, 1.165) is 18.5 Å². The molecule has 0 unspecified atom stereocenters. The SMILES string of the molecule is CCC1CCC(N(C)CC2(CN)CCCCC2)CC1. The van der Waals surface area contributed by atoms with E-state index >= 15 is 0 Å². The minimum absolute atomic E-state index is 0.439. The van der Waals surface area contributed by atoms with Crippen molar-refractivity contribution in [2.24, 2.45) is 17.1 Å². The molecule has 0 radical (unpaired) electrons. The van der Waals surface area contributed by atoms with Gasteiger partial charge in [0.2, 0.25) is 0 Å². The Balaban J connectivity index is 1.84. The van der Waals surface area contributed by atoms with Crippen molar-refractivity contribution in [3.63, 3.8) is 0 Å². The molecule has 0 aromatic heterocycles. The van der Waals surface area contributed by atoms with E-state index < -0.39 is 0 Å². The van der Waals surface area contributed by atoms with Crippen LogP contribution in [0.15, 0.2) is 0 Å². The van der Waals surface area contributed by atoms with Crippen LogP contribution in [0.3, 0.4) is 0 Å². The molecule has 2 rings (SSSR count). The first-order chi connectivity index (χ1) is 9.19. The lowest BCUT2D eigenvalue weighted by Crippen LogP contribution is -2.46.